The Morgan fingerprint density at radius 1 is 0.967 bits per heavy atom. The van der Waals surface area contributed by atoms with Crippen molar-refractivity contribution < 1.29 is 39.7 Å². The van der Waals surface area contributed by atoms with E-state index in [9.17, 15) is 44.9 Å². The lowest BCUT2D eigenvalue weighted by Crippen LogP contribution is -2.25. The number of alkyl halides is 6. The fraction of sp³-hybridized carbons (Fsp3) is 0.188. The highest BCUT2D eigenvalue weighted by atomic mass is 32.2. The lowest BCUT2D eigenvalue weighted by Gasteiger charge is -2.13. The molecule has 0 heterocycles. The van der Waals surface area contributed by atoms with E-state index in [4.69, 9.17) is 0 Å². The molecule has 2 aromatic carbocycles. The third kappa shape index (κ3) is 5.25. The summed E-state index contributed by atoms with van der Waals surface area (Å²) in [5.41, 5.74) is -2.13. The third-order valence-electron chi connectivity index (χ3n) is 3.60. The summed E-state index contributed by atoms with van der Waals surface area (Å²) in [4.78, 5) is 9.19. The monoisotopic (exact) mass is 455 g/mol. The van der Waals surface area contributed by atoms with Crippen molar-refractivity contribution in [1.29, 1.82) is 0 Å². The van der Waals surface area contributed by atoms with Crippen molar-refractivity contribution in [3.8, 4) is 0 Å². The molecule has 0 unspecified atom stereocenters. The number of nitrogens with zero attached hydrogens (tertiary/aromatic N) is 2. The largest absolute Gasteiger partial charge is 0.484 e. The average Bonchev–Trinajstić information content (AvgIpc) is 2.60. The molecule has 0 aliphatic carbocycles. The van der Waals surface area contributed by atoms with Gasteiger partial charge in [0.05, 0.1) is 26.8 Å². The highest BCUT2D eigenvalue weighted by Crippen LogP contribution is 2.37. The van der Waals surface area contributed by atoms with Gasteiger partial charge < -0.3 is 10.1 Å². The molecule has 0 aromatic heterocycles. The van der Waals surface area contributed by atoms with Gasteiger partial charge in [0.25, 0.3) is 9.84 Å². The van der Waals surface area contributed by atoms with Crippen LogP contribution < -0.4 is 5.43 Å². The van der Waals surface area contributed by atoms with Crippen molar-refractivity contribution in [3.05, 3.63) is 69.3 Å². The second kappa shape index (κ2) is 7.93. The number of amidine groups is 1. The molecule has 0 amide bonds. The molecule has 1 N–H and O–H groups in total. The van der Waals surface area contributed by atoms with Crippen molar-refractivity contribution in [1.82, 2.24) is 0 Å². The number of sulfone groups is 1. The van der Waals surface area contributed by atoms with Crippen LogP contribution in [0.4, 0.5) is 32.0 Å². The minimum atomic E-state index is -5.17. The number of hydrazone groups is 1. The number of hydrogen-bond donors (Lipinski definition) is 1. The van der Waals surface area contributed by atoms with Gasteiger partial charge in [0, 0.05) is 0 Å². The van der Waals surface area contributed by atoms with Crippen LogP contribution in [-0.2, 0) is 22.2 Å². The Labute approximate surface area is 165 Å². The first-order chi connectivity index (χ1) is 13.6. The van der Waals surface area contributed by atoms with Crippen LogP contribution in [0.15, 0.2) is 52.5 Å². The first-order valence-corrected chi connectivity index (χ1v) is 9.20. The molecule has 0 radical (unpaired) electrons. The van der Waals surface area contributed by atoms with E-state index >= 15 is 0 Å². The van der Waals surface area contributed by atoms with E-state index in [1.165, 1.54) is 12.1 Å². The first kappa shape index (κ1) is 23.1. The standard InChI is InChI=1S/C16H11F6N3O4S/c1-9-2-4-13(5-3-9)30(28,29)14(25(26)27)24-23-12-7-10(15(17,18)19)6-11(8-12)16(20,21)22/h2-8,23H,1H3/b24-14-. The Balaban J connectivity index is 2.53. The van der Waals surface area contributed by atoms with Crippen LogP contribution in [0.1, 0.15) is 16.7 Å². The molecule has 0 aliphatic heterocycles. The second-order valence-electron chi connectivity index (χ2n) is 5.87. The zero-order valence-corrected chi connectivity index (χ0v) is 15.6. The van der Waals surface area contributed by atoms with Crippen LogP contribution in [0.25, 0.3) is 0 Å². The number of anilines is 1. The lowest BCUT2D eigenvalue weighted by atomic mass is 10.1. The fourth-order valence-corrected chi connectivity index (χ4v) is 3.22. The molecule has 0 bridgehead atoms. The van der Waals surface area contributed by atoms with E-state index in [0.29, 0.717) is 5.56 Å². The Morgan fingerprint density at radius 3 is 1.83 bits per heavy atom. The normalized spacial score (nSPS) is 13.2. The molecular weight excluding hydrogens is 444 g/mol. The fourth-order valence-electron chi connectivity index (χ4n) is 2.15. The summed E-state index contributed by atoms with van der Waals surface area (Å²) in [6.45, 7) is 1.62. The summed E-state index contributed by atoms with van der Waals surface area (Å²) in [5.74, 6) is 0. The predicted molar refractivity (Wildman–Crippen MR) is 92.9 cm³/mol. The predicted octanol–water partition coefficient (Wildman–Crippen LogP) is 4.47. The first-order valence-electron chi connectivity index (χ1n) is 7.71. The summed E-state index contributed by atoms with van der Waals surface area (Å²) in [7, 11) is -4.82. The number of rotatable bonds is 3. The van der Waals surface area contributed by atoms with Gasteiger partial charge in [0.1, 0.15) is 0 Å². The Hall–Kier alpha value is -3.16. The average molecular weight is 455 g/mol. The molecule has 2 aromatic rings. The van der Waals surface area contributed by atoms with Crippen LogP contribution in [0.5, 0.6) is 0 Å². The van der Waals surface area contributed by atoms with Crippen molar-refractivity contribution in [2.24, 2.45) is 5.10 Å². The van der Waals surface area contributed by atoms with Crippen molar-refractivity contribution >= 4 is 20.7 Å². The van der Waals surface area contributed by atoms with Gasteiger partial charge in [0.2, 0.25) is 0 Å². The number of benzene rings is 2. The molecule has 2 rings (SSSR count). The maximum absolute atomic E-state index is 12.9. The second-order valence-corrected chi connectivity index (χ2v) is 7.72. The van der Waals surface area contributed by atoms with E-state index in [0.717, 1.165) is 12.1 Å². The van der Waals surface area contributed by atoms with E-state index in [2.05, 4.69) is 5.10 Å². The smallest absolute Gasteiger partial charge is 0.357 e. The maximum atomic E-state index is 12.9. The summed E-state index contributed by atoms with van der Waals surface area (Å²) in [6.07, 6.45) is -10.3. The number of halogens is 6. The van der Waals surface area contributed by atoms with Crippen LogP contribution >= 0.6 is 0 Å². The van der Waals surface area contributed by atoms with Gasteiger partial charge in [-0.05, 0) is 42.2 Å². The maximum Gasteiger partial charge on any atom is 0.484 e. The number of nitrogens with one attached hydrogen (secondary N) is 1. The van der Waals surface area contributed by atoms with Crippen molar-refractivity contribution in [2.75, 3.05) is 5.43 Å². The summed E-state index contributed by atoms with van der Waals surface area (Å²) < 4.78 is 102. The van der Waals surface area contributed by atoms with Gasteiger partial charge in [0.15, 0.2) is 0 Å². The number of hydrogen-bond acceptors (Lipinski definition) is 6. The van der Waals surface area contributed by atoms with Gasteiger partial charge in [-0.1, -0.05) is 17.7 Å². The van der Waals surface area contributed by atoms with E-state index in [-0.39, 0.29) is 18.2 Å². The molecule has 0 saturated heterocycles. The molecule has 0 atom stereocenters. The number of aryl methyl sites for hydroxylation is 1. The van der Waals surface area contributed by atoms with Crippen LogP contribution in [0.3, 0.4) is 0 Å². The minimum absolute atomic E-state index is 0.160. The van der Waals surface area contributed by atoms with Gasteiger partial charge in [-0.2, -0.15) is 31.8 Å². The minimum Gasteiger partial charge on any atom is -0.357 e. The lowest BCUT2D eigenvalue weighted by molar-refractivity contribution is -0.344. The van der Waals surface area contributed by atoms with Gasteiger partial charge in [-0.15, -0.1) is 0 Å². The Kier molecular flexibility index (Phi) is 6.11. The van der Waals surface area contributed by atoms with Crippen molar-refractivity contribution in [3.63, 3.8) is 0 Å². The molecule has 7 nitrogen and oxygen atoms in total. The summed E-state index contributed by atoms with van der Waals surface area (Å²) >= 11 is 0. The highest BCUT2D eigenvalue weighted by Gasteiger charge is 2.38. The topological polar surface area (TPSA) is 102 Å². The summed E-state index contributed by atoms with van der Waals surface area (Å²) in [5, 5.41) is 12.4. The SMILES string of the molecule is Cc1ccc(S(=O)(=O)/C(=N\Nc2cc(C(F)(F)F)cc(C(F)(F)F)c2)[N+](=O)[O-])cc1. The quantitative estimate of drug-likeness (QED) is 0.242. The van der Waals surface area contributed by atoms with Gasteiger partial charge in [-0.25, -0.2) is 8.42 Å². The van der Waals surface area contributed by atoms with E-state index < -0.39 is 54.0 Å². The van der Waals surface area contributed by atoms with Gasteiger partial charge in [-0.3, -0.25) is 0 Å². The van der Waals surface area contributed by atoms with Crippen LogP contribution in [-0.4, -0.2) is 18.5 Å². The highest BCUT2D eigenvalue weighted by molar-refractivity contribution is 8.05. The molecule has 14 heteroatoms. The molecule has 30 heavy (non-hydrogen) atoms. The molecule has 0 aliphatic rings. The zero-order valence-electron chi connectivity index (χ0n) is 14.7. The molecule has 162 valence electrons. The van der Waals surface area contributed by atoms with Crippen LogP contribution in [0, 0.1) is 17.0 Å². The molecule has 0 fully saturated rings. The Morgan fingerprint density at radius 2 is 1.43 bits per heavy atom. The van der Waals surface area contributed by atoms with E-state index in [1.807, 2.05) is 0 Å². The van der Waals surface area contributed by atoms with Crippen LogP contribution in [0.2, 0.25) is 0 Å². The van der Waals surface area contributed by atoms with Gasteiger partial charge >= 0.3 is 17.5 Å². The molecule has 0 saturated carbocycles. The number of nitro groups is 1. The third-order valence-corrected chi connectivity index (χ3v) is 5.21. The zero-order chi connectivity index (χ0) is 22.9. The van der Waals surface area contributed by atoms with E-state index in [1.54, 1.807) is 12.3 Å². The molecular formula is C16H11F6N3O4S. The van der Waals surface area contributed by atoms with Crippen molar-refractivity contribution in [2.45, 2.75) is 24.2 Å². The Bertz CT molecular complexity index is 1060. The molecule has 0 spiro atoms. The summed E-state index contributed by atoms with van der Waals surface area (Å²) in [6, 6.07) is 4.99.